The van der Waals surface area contributed by atoms with Crippen molar-refractivity contribution in [1.82, 2.24) is 0 Å². The molecule has 0 saturated carbocycles. The minimum Gasteiger partial charge on any atom is -0.103 e. The molecule has 0 aromatic rings. The van der Waals surface area contributed by atoms with E-state index in [9.17, 15) is 0 Å². The molecular formula is C14H20. The smallest absolute Gasteiger partial charge is 0.0169 e. The van der Waals surface area contributed by atoms with Gasteiger partial charge in [-0.3, -0.25) is 0 Å². The zero-order valence-electron chi connectivity index (χ0n) is 9.02. The molecule has 0 aliphatic carbocycles. The van der Waals surface area contributed by atoms with E-state index >= 15 is 0 Å². The van der Waals surface area contributed by atoms with E-state index in [-0.39, 0.29) is 0 Å². The monoisotopic (exact) mass is 188 g/mol. The minimum atomic E-state index is 0.935. The Bertz CT molecular complexity index is 226. The van der Waals surface area contributed by atoms with E-state index in [1.54, 1.807) is 0 Å². The van der Waals surface area contributed by atoms with Gasteiger partial charge in [-0.2, -0.15) is 0 Å². The Morgan fingerprint density at radius 2 is 1.43 bits per heavy atom. The summed E-state index contributed by atoms with van der Waals surface area (Å²) in [4.78, 5) is 0. The predicted molar refractivity (Wildman–Crippen MR) is 66.3 cm³/mol. The Morgan fingerprint density at radius 3 is 2.00 bits per heavy atom. The Morgan fingerprint density at radius 1 is 0.857 bits per heavy atom. The second-order valence-corrected chi connectivity index (χ2v) is 2.94. The molecule has 0 aromatic heterocycles. The van der Waals surface area contributed by atoms with Crippen LogP contribution in [0.3, 0.4) is 0 Å². The lowest BCUT2D eigenvalue weighted by atomic mass is 10.3. The maximum Gasteiger partial charge on any atom is -0.0169 e. The molecule has 0 atom stereocenters. The molecule has 0 N–H and O–H groups in total. The van der Waals surface area contributed by atoms with E-state index in [0.717, 1.165) is 12.8 Å². The van der Waals surface area contributed by atoms with E-state index in [1.807, 2.05) is 36.5 Å². The lowest BCUT2D eigenvalue weighted by Gasteiger charge is -1.79. The molecule has 0 fully saturated rings. The molecule has 76 valence electrons. The van der Waals surface area contributed by atoms with E-state index in [1.165, 1.54) is 6.42 Å². The molecule has 0 heterocycles. The van der Waals surface area contributed by atoms with Gasteiger partial charge in [-0.15, -0.1) is 6.58 Å². The van der Waals surface area contributed by atoms with Crippen molar-refractivity contribution in [1.29, 1.82) is 0 Å². The summed E-state index contributed by atoms with van der Waals surface area (Å²) in [7, 11) is 0. The molecule has 0 saturated heterocycles. The molecule has 0 radical (unpaired) electrons. The number of allylic oxidation sites excluding steroid dienone is 9. The normalized spacial score (nSPS) is 12.6. The average molecular weight is 188 g/mol. The largest absolute Gasteiger partial charge is 0.103 e. The Kier molecular flexibility index (Phi) is 10.6. The first-order valence-corrected chi connectivity index (χ1v) is 5.17. The molecule has 0 aliphatic rings. The van der Waals surface area contributed by atoms with Crippen molar-refractivity contribution in [3.05, 3.63) is 61.3 Å². The minimum absolute atomic E-state index is 0.935. The van der Waals surface area contributed by atoms with Gasteiger partial charge in [0, 0.05) is 0 Å². The fraction of sp³-hybridized carbons (Fsp3) is 0.286. The molecule has 0 heteroatoms. The highest BCUT2D eigenvalue weighted by Gasteiger charge is 1.68. The van der Waals surface area contributed by atoms with Crippen LogP contribution in [0.25, 0.3) is 0 Å². The third-order valence-electron chi connectivity index (χ3n) is 1.59. The Balaban J connectivity index is 3.54. The molecular weight excluding hydrogens is 168 g/mol. The SMILES string of the molecule is C=CC/C=C/C=C/C=C/C=C/CCC. The zero-order chi connectivity index (χ0) is 10.5. The number of hydrogen-bond donors (Lipinski definition) is 0. The van der Waals surface area contributed by atoms with Gasteiger partial charge in [-0.25, -0.2) is 0 Å². The summed E-state index contributed by atoms with van der Waals surface area (Å²) in [6, 6.07) is 0. The van der Waals surface area contributed by atoms with Gasteiger partial charge < -0.3 is 0 Å². The van der Waals surface area contributed by atoms with Gasteiger partial charge in [0.2, 0.25) is 0 Å². The lowest BCUT2D eigenvalue weighted by molar-refractivity contribution is 0.959. The van der Waals surface area contributed by atoms with Gasteiger partial charge >= 0.3 is 0 Å². The van der Waals surface area contributed by atoms with Crippen molar-refractivity contribution in [3.63, 3.8) is 0 Å². The molecule has 0 unspecified atom stereocenters. The Labute approximate surface area is 88.0 Å². The average Bonchev–Trinajstić information content (AvgIpc) is 2.21. The van der Waals surface area contributed by atoms with E-state index in [0.29, 0.717) is 0 Å². The van der Waals surface area contributed by atoms with Crippen LogP contribution in [0.5, 0.6) is 0 Å². The maximum atomic E-state index is 3.64. The van der Waals surface area contributed by atoms with Crippen LogP contribution in [0.15, 0.2) is 61.3 Å². The molecule has 14 heavy (non-hydrogen) atoms. The third kappa shape index (κ3) is 10.7. The molecule has 0 nitrogen and oxygen atoms in total. The van der Waals surface area contributed by atoms with Crippen LogP contribution < -0.4 is 0 Å². The van der Waals surface area contributed by atoms with Crippen molar-refractivity contribution < 1.29 is 0 Å². The van der Waals surface area contributed by atoms with Crippen molar-refractivity contribution in [3.8, 4) is 0 Å². The van der Waals surface area contributed by atoms with E-state index in [4.69, 9.17) is 0 Å². The predicted octanol–water partition coefficient (Wildman–Crippen LogP) is 4.59. The zero-order valence-corrected chi connectivity index (χ0v) is 9.02. The quantitative estimate of drug-likeness (QED) is 0.405. The summed E-state index contributed by atoms with van der Waals surface area (Å²) in [6.07, 6.45) is 21.7. The van der Waals surface area contributed by atoms with Crippen molar-refractivity contribution >= 4 is 0 Å². The fourth-order valence-electron chi connectivity index (χ4n) is 0.851. The molecule has 0 aromatic carbocycles. The number of rotatable bonds is 7. The molecule has 0 bridgehead atoms. The van der Waals surface area contributed by atoms with Crippen molar-refractivity contribution in [2.24, 2.45) is 0 Å². The van der Waals surface area contributed by atoms with E-state index < -0.39 is 0 Å². The van der Waals surface area contributed by atoms with Crippen LogP contribution in [0, 0.1) is 0 Å². The second-order valence-electron chi connectivity index (χ2n) is 2.94. The van der Waals surface area contributed by atoms with Gasteiger partial charge in [-0.1, -0.05) is 68.0 Å². The van der Waals surface area contributed by atoms with Crippen LogP contribution in [0.2, 0.25) is 0 Å². The summed E-state index contributed by atoms with van der Waals surface area (Å²) in [5.74, 6) is 0. The molecule has 0 amide bonds. The summed E-state index contributed by atoms with van der Waals surface area (Å²) < 4.78 is 0. The molecule has 0 aliphatic heterocycles. The summed E-state index contributed by atoms with van der Waals surface area (Å²) in [6.45, 7) is 5.82. The van der Waals surface area contributed by atoms with Gasteiger partial charge in [0.1, 0.15) is 0 Å². The highest BCUT2D eigenvalue weighted by atomic mass is 13.8. The number of unbranched alkanes of at least 4 members (excludes halogenated alkanes) is 1. The van der Waals surface area contributed by atoms with Crippen LogP contribution in [0.1, 0.15) is 26.2 Å². The molecule has 0 spiro atoms. The fourth-order valence-corrected chi connectivity index (χ4v) is 0.851. The van der Waals surface area contributed by atoms with E-state index in [2.05, 4.69) is 31.7 Å². The summed E-state index contributed by atoms with van der Waals surface area (Å²) >= 11 is 0. The van der Waals surface area contributed by atoms with Crippen LogP contribution in [-0.2, 0) is 0 Å². The summed E-state index contributed by atoms with van der Waals surface area (Å²) in [5, 5.41) is 0. The molecule has 0 rings (SSSR count). The maximum absolute atomic E-state index is 3.64. The van der Waals surface area contributed by atoms with Crippen LogP contribution >= 0.6 is 0 Å². The topological polar surface area (TPSA) is 0 Å². The van der Waals surface area contributed by atoms with Gasteiger partial charge in [0.15, 0.2) is 0 Å². The summed E-state index contributed by atoms with van der Waals surface area (Å²) in [5.41, 5.74) is 0. The lowest BCUT2D eigenvalue weighted by Crippen LogP contribution is -1.58. The first-order chi connectivity index (χ1) is 6.91. The first-order valence-electron chi connectivity index (χ1n) is 5.17. The number of hydrogen-bond acceptors (Lipinski definition) is 0. The van der Waals surface area contributed by atoms with Gasteiger partial charge in [0.25, 0.3) is 0 Å². The van der Waals surface area contributed by atoms with Crippen LogP contribution in [-0.4, -0.2) is 0 Å². The van der Waals surface area contributed by atoms with Crippen LogP contribution in [0.4, 0.5) is 0 Å². The Hall–Kier alpha value is -1.30. The van der Waals surface area contributed by atoms with Crippen molar-refractivity contribution in [2.45, 2.75) is 26.2 Å². The highest BCUT2D eigenvalue weighted by molar-refractivity contribution is 5.15. The standard InChI is InChI=1S/C14H20/c1-3-5-7-9-11-13-14-12-10-8-6-4-2/h3,7-14H,1,4-6H2,2H3/b9-7+,10-8+,13-11+,14-12+. The van der Waals surface area contributed by atoms with Crippen molar-refractivity contribution in [2.75, 3.05) is 0 Å². The second kappa shape index (κ2) is 11.7. The van der Waals surface area contributed by atoms with Gasteiger partial charge in [0.05, 0.1) is 0 Å². The first kappa shape index (κ1) is 12.7. The van der Waals surface area contributed by atoms with Gasteiger partial charge in [-0.05, 0) is 12.8 Å². The third-order valence-corrected chi connectivity index (χ3v) is 1.59. The highest BCUT2D eigenvalue weighted by Crippen LogP contribution is 1.89.